The highest BCUT2D eigenvalue weighted by Crippen LogP contribution is 2.30. The molecule has 0 atom stereocenters. The Morgan fingerprint density at radius 2 is 1.87 bits per heavy atom. The molecule has 30 heavy (non-hydrogen) atoms. The SMILES string of the molecule is O=c1c(NCc2ccc(-c3noc(C(F)(F)F)n3)c(F)c2)c(N2CCOCC2)c1=O. The maximum Gasteiger partial charge on any atom is 0.471 e. The van der Waals surface area contributed by atoms with Crippen LogP contribution in [-0.4, -0.2) is 36.4 Å². The molecule has 2 aromatic carbocycles. The highest BCUT2D eigenvalue weighted by Gasteiger charge is 2.38. The summed E-state index contributed by atoms with van der Waals surface area (Å²) in [7, 11) is 0. The van der Waals surface area contributed by atoms with Crippen LogP contribution in [0.2, 0.25) is 0 Å². The van der Waals surface area contributed by atoms with Crippen molar-refractivity contribution < 1.29 is 26.8 Å². The normalized spacial score (nSPS) is 15.0. The van der Waals surface area contributed by atoms with Gasteiger partial charge in [-0.15, -0.1) is 0 Å². The molecule has 8 nitrogen and oxygen atoms in total. The van der Waals surface area contributed by atoms with Gasteiger partial charge in [0.15, 0.2) is 0 Å². The molecule has 0 saturated carbocycles. The molecule has 12 heteroatoms. The summed E-state index contributed by atoms with van der Waals surface area (Å²) >= 11 is 0. The van der Waals surface area contributed by atoms with Crippen LogP contribution in [0.15, 0.2) is 32.3 Å². The Balaban J connectivity index is 1.49. The fraction of sp³-hybridized carbons (Fsp3) is 0.333. The number of rotatable bonds is 5. The van der Waals surface area contributed by atoms with Crippen LogP contribution < -0.4 is 21.1 Å². The molecule has 0 bridgehead atoms. The molecule has 1 aliphatic heterocycles. The third-order valence-corrected chi connectivity index (χ3v) is 4.62. The van der Waals surface area contributed by atoms with Crippen molar-refractivity contribution in [2.45, 2.75) is 12.7 Å². The van der Waals surface area contributed by atoms with Gasteiger partial charge in [-0.2, -0.15) is 18.2 Å². The molecule has 3 aromatic rings. The quantitative estimate of drug-likeness (QED) is 0.489. The number of alkyl halides is 3. The lowest BCUT2D eigenvalue weighted by atomic mass is 10.1. The lowest BCUT2D eigenvalue weighted by Crippen LogP contribution is -2.46. The monoisotopic (exact) mass is 426 g/mol. The van der Waals surface area contributed by atoms with Crippen LogP contribution in [0.3, 0.4) is 0 Å². The molecule has 1 N–H and O–H groups in total. The number of anilines is 2. The smallest absolute Gasteiger partial charge is 0.378 e. The zero-order valence-corrected chi connectivity index (χ0v) is 15.3. The summed E-state index contributed by atoms with van der Waals surface area (Å²) in [6, 6.07) is 3.73. The number of nitrogens with one attached hydrogen (secondary N) is 1. The van der Waals surface area contributed by atoms with E-state index in [0.29, 0.717) is 31.9 Å². The van der Waals surface area contributed by atoms with Gasteiger partial charge in [0.1, 0.15) is 17.2 Å². The third kappa shape index (κ3) is 3.65. The number of benzene rings is 1. The standard InChI is InChI=1S/C18H14F4N4O4/c19-11-7-9(1-2-10(11)16-24-17(30-25-16)18(20,21)22)8-23-12-13(15(28)14(12)27)26-3-5-29-6-4-26/h1-2,7,23H,3-6,8H2. The van der Waals surface area contributed by atoms with Crippen LogP contribution in [-0.2, 0) is 17.5 Å². The van der Waals surface area contributed by atoms with Crippen molar-refractivity contribution in [3.8, 4) is 11.4 Å². The summed E-state index contributed by atoms with van der Waals surface area (Å²) in [6.45, 7) is 1.87. The molecule has 0 aliphatic carbocycles. The molecule has 0 unspecified atom stereocenters. The summed E-state index contributed by atoms with van der Waals surface area (Å²) in [4.78, 5) is 28.7. The van der Waals surface area contributed by atoms with Gasteiger partial charge in [-0.25, -0.2) is 4.39 Å². The third-order valence-electron chi connectivity index (χ3n) is 4.62. The van der Waals surface area contributed by atoms with Crippen LogP contribution >= 0.6 is 0 Å². The van der Waals surface area contributed by atoms with E-state index in [2.05, 4.69) is 20.0 Å². The molecule has 0 amide bonds. The predicted octanol–water partition coefficient (Wildman–Crippen LogP) is 1.94. The Morgan fingerprint density at radius 3 is 2.50 bits per heavy atom. The van der Waals surface area contributed by atoms with Crippen molar-refractivity contribution in [1.29, 1.82) is 0 Å². The summed E-state index contributed by atoms with van der Waals surface area (Å²) in [5.41, 5.74) is -0.664. The Morgan fingerprint density at radius 1 is 1.13 bits per heavy atom. The van der Waals surface area contributed by atoms with Gasteiger partial charge in [0.2, 0.25) is 5.82 Å². The van der Waals surface area contributed by atoms with Crippen molar-refractivity contribution in [3.63, 3.8) is 0 Å². The second-order valence-electron chi connectivity index (χ2n) is 6.57. The maximum atomic E-state index is 14.4. The van der Waals surface area contributed by atoms with Gasteiger partial charge in [-0.3, -0.25) is 9.59 Å². The summed E-state index contributed by atoms with van der Waals surface area (Å²) < 4.78 is 61.4. The molecule has 1 aliphatic rings. The minimum absolute atomic E-state index is 0.0272. The molecule has 1 aromatic heterocycles. The summed E-state index contributed by atoms with van der Waals surface area (Å²) in [5.74, 6) is -2.96. The summed E-state index contributed by atoms with van der Waals surface area (Å²) in [5, 5.41) is 5.99. The Hall–Kier alpha value is -3.28. The Bertz CT molecular complexity index is 1140. The first-order valence-electron chi connectivity index (χ1n) is 8.85. The van der Waals surface area contributed by atoms with Gasteiger partial charge in [-0.05, 0) is 17.7 Å². The van der Waals surface area contributed by atoms with Gasteiger partial charge in [0.25, 0.3) is 10.9 Å². The van der Waals surface area contributed by atoms with Gasteiger partial charge < -0.3 is 19.5 Å². The van der Waals surface area contributed by atoms with E-state index < -0.39 is 34.6 Å². The average molecular weight is 426 g/mol. The number of aromatic nitrogens is 2. The minimum atomic E-state index is -4.83. The Labute approximate surface area is 165 Å². The molecule has 1 fully saturated rings. The van der Waals surface area contributed by atoms with E-state index in [9.17, 15) is 27.2 Å². The van der Waals surface area contributed by atoms with E-state index in [0.717, 1.165) is 6.07 Å². The topological polar surface area (TPSA) is 97.6 Å². The van der Waals surface area contributed by atoms with Crippen LogP contribution in [0.4, 0.5) is 28.9 Å². The van der Waals surface area contributed by atoms with E-state index in [1.165, 1.54) is 12.1 Å². The molecule has 0 radical (unpaired) electrons. The fourth-order valence-electron chi connectivity index (χ4n) is 3.12. The average Bonchev–Trinajstić information content (AvgIpc) is 3.21. The lowest BCUT2D eigenvalue weighted by molar-refractivity contribution is -0.159. The van der Waals surface area contributed by atoms with Crippen LogP contribution in [0, 0.1) is 5.82 Å². The molecular formula is C18H14F4N4O4. The van der Waals surface area contributed by atoms with E-state index in [1.807, 2.05) is 0 Å². The molecule has 4 rings (SSSR count). The second-order valence-corrected chi connectivity index (χ2v) is 6.57. The minimum Gasteiger partial charge on any atom is -0.378 e. The number of ether oxygens (including phenoxy) is 1. The first-order valence-corrected chi connectivity index (χ1v) is 8.85. The van der Waals surface area contributed by atoms with Crippen molar-refractivity contribution in [3.05, 3.63) is 55.9 Å². The number of hydrogen-bond acceptors (Lipinski definition) is 8. The second kappa shape index (κ2) is 7.52. The highest BCUT2D eigenvalue weighted by molar-refractivity contribution is 5.75. The number of morpholine rings is 1. The molecular weight excluding hydrogens is 412 g/mol. The van der Waals surface area contributed by atoms with E-state index in [-0.39, 0.29) is 23.5 Å². The van der Waals surface area contributed by atoms with E-state index >= 15 is 0 Å². The zero-order chi connectivity index (χ0) is 21.5. The Kier molecular flexibility index (Phi) is 5.02. The summed E-state index contributed by atoms with van der Waals surface area (Å²) in [6.07, 6.45) is -4.83. The van der Waals surface area contributed by atoms with Crippen molar-refractivity contribution in [2.75, 3.05) is 36.5 Å². The largest absolute Gasteiger partial charge is 0.471 e. The lowest BCUT2D eigenvalue weighted by Gasteiger charge is -2.30. The fourth-order valence-corrected chi connectivity index (χ4v) is 3.12. The van der Waals surface area contributed by atoms with Gasteiger partial charge in [-0.1, -0.05) is 11.2 Å². The predicted molar refractivity (Wildman–Crippen MR) is 96.4 cm³/mol. The molecule has 1 saturated heterocycles. The molecule has 2 heterocycles. The van der Waals surface area contributed by atoms with E-state index in [4.69, 9.17) is 4.74 Å². The van der Waals surface area contributed by atoms with Crippen LogP contribution in [0.1, 0.15) is 11.5 Å². The number of halogens is 4. The molecule has 0 spiro atoms. The van der Waals surface area contributed by atoms with Crippen molar-refractivity contribution in [2.24, 2.45) is 0 Å². The van der Waals surface area contributed by atoms with Gasteiger partial charge >= 0.3 is 12.1 Å². The van der Waals surface area contributed by atoms with Crippen molar-refractivity contribution in [1.82, 2.24) is 10.1 Å². The van der Waals surface area contributed by atoms with Crippen molar-refractivity contribution >= 4 is 11.4 Å². The van der Waals surface area contributed by atoms with Gasteiger partial charge in [0.05, 0.1) is 18.8 Å². The van der Waals surface area contributed by atoms with Gasteiger partial charge in [0, 0.05) is 19.6 Å². The van der Waals surface area contributed by atoms with Crippen LogP contribution in [0.25, 0.3) is 11.4 Å². The number of nitrogens with zero attached hydrogens (tertiary/aromatic N) is 3. The molecule has 158 valence electrons. The highest BCUT2D eigenvalue weighted by atomic mass is 19.4. The maximum absolute atomic E-state index is 14.4. The van der Waals surface area contributed by atoms with Crippen LogP contribution in [0.5, 0.6) is 0 Å². The zero-order valence-electron chi connectivity index (χ0n) is 15.3. The first-order chi connectivity index (χ1) is 14.3. The van der Waals surface area contributed by atoms with E-state index in [1.54, 1.807) is 4.90 Å². The first kappa shape index (κ1) is 20.0. The number of hydrogen-bond donors (Lipinski definition) is 1.